The molecular weight excluding hydrogens is 298 g/mol. The summed E-state index contributed by atoms with van der Waals surface area (Å²) in [7, 11) is 0. The van der Waals surface area contributed by atoms with Gasteiger partial charge in [0.05, 0.1) is 0 Å². The van der Waals surface area contributed by atoms with Gasteiger partial charge in [-0.2, -0.15) is 0 Å². The third-order valence-electron chi connectivity index (χ3n) is 3.68. The molecule has 1 heterocycles. The van der Waals surface area contributed by atoms with Crippen LogP contribution in [0.5, 0.6) is 0 Å². The molecule has 24 heavy (non-hydrogen) atoms. The summed E-state index contributed by atoms with van der Waals surface area (Å²) in [6.07, 6.45) is 3.60. The predicted molar refractivity (Wildman–Crippen MR) is 97.1 cm³/mol. The molecule has 0 bridgehead atoms. The lowest BCUT2D eigenvalue weighted by molar-refractivity contribution is 0.102. The Balaban J connectivity index is 1.58. The van der Waals surface area contributed by atoms with E-state index in [0.717, 1.165) is 22.5 Å². The first-order valence-corrected chi connectivity index (χ1v) is 7.81. The number of carbonyl (C=O) groups is 1. The average molecular weight is 317 g/mol. The number of amides is 1. The highest BCUT2D eigenvalue weighted by Gasteiger charge is 2.05. The van der Waals surface area contributed by atoms with Gasteiger partial charge >= 0.3 is 0 Å². The zero-order valence-electron chi connectivity index (χ0n) is 13.5. The lowest BCUT2D eigenvalue weighted by Crippen LogP contribution is -2.11. The van der Waals surface area contributed by atoms with Gasteiger partial charge in [0, 0.05) is 35.9 Å². The Labute approximate surface area is 141 Å². The minimum atomic E-state index is -0.105. The third kappa shape index (κ3) is 4.20. The van der Waals surface area contributed by atoms with Crippen LogP contribution in [-0.2, 0) is 6.54 Å². The molecule has 0 fully saturated rings. The molecule has 2 aromatic carbocycles. The summed E-state index contributed by atoms with van der Waals surface area (Å²) >= 11 is 0. The van der Waals surface area contributed by atoms with Gasteiger partial charge in [-0.3, -0.25) is 9.78 Å². The van der Waals surface area contributed by atoms with Crippen LogP contribution in [0, 0.1) is 6.92 Å². The van der Waals surface area contributed by atoms with Crippen LogP contribution >= 0.6 is 0 Å². The van der Waals surface area contributed by atoms with Gasteiger partial charge in [0.25, 0.3) is 5.91 Å². The van der Waals surface area contributed by atoms with E-state index >= 15 is 0 Å². The van der Waals surface area contributed by atoms with Crippen molar-refractivity contribution < 1.29 is 4.79 Å². The van der Waals surface area contributed by atoms with Crippen molar-refractivity contribution in [2.24, 2.45) is 0 Å². The van der Waals surface area contributed by atoms with Crippen LogP contribution < -0.4 is 10.6 Å². The fourth-order valence-corrected chi connectivity index (χ4v) is 2.29. The largest absolute Gasteiger partial charge is 0.381 e. The van der Waals surface area contributed by atoms with Crippen LogP contribution in [0.25, 0.3) is 0 Å². The van der Waals surface area contributed by atoms with E-state index in [1.54, 1.807) is 6.20 Å². The summed E-state index contributed by atoms with van der Waals surface area (Å²) < 4.78 is 0. The normalized spacial score (nSPS) is 10.2. The van der Waals surface area contributed by atoms with E-state index in [-0.39, 0.29) is 5.91 Å². The molecule has 120 valence electrons. The number of rotatable bonds is 5. The fourth-order valence-electron chi connectivity index (χ4n) is 2.29. The molecule has 2 N–H and O–H groups in total. The molecule has 0 unspecified atom stereocenters. The van der Waals surface area contributed by atoms with Crippen molar-refractivity contribution in [2.75, 3.05) is 10.6 Å². The molecular formula is C20H19N3O. The van der Waals surface area contributed by atoms with E-state index < -0.39 is 0 Å². The molecule has 0 spiro atoms. The van der Waals surface area contributed by atoms with Crippen LogP contribution in [0.15, 0.2) is 73.1 Å². The van der Waals surface area contributed by atoms with Crippen LogP contribution in [0.2, 0.25) is 0 Å². The van der Waals surface area contributed by atoms with Crippen molar-refractivity contribution in [1.29, 1.82) is 0 Å². The van der Waals surface area contributed by atoms with Gasteiger partial charge in [-0.1, -0.05) is 23.8 Å². The molecule has 3 aromatic rings. The number of nitrogens with zero attached hydrogens (tertiary/aromatic N) is 1. The Hall–Kier alpha value is -3.14. The number of pyridine rings is 1. The zero-order chi connectivity index (χ0) is 16.8. The lowest BCUT2D eigenvalue weighted by Gasteiger charge is -2.09. The van der Waals surface area contributed by atoms with Gasteiger partial charge < -0.3 is 10.6 Å². The maximum Gasteiger partial charge on any atom is 0.255 e. The Bertz CT molecular complexity index is 797. The number of aromatic nitrogens is 1. The average Bonchev–Trinajstić information content (AvgIpc) is 2.62. The third-order valence-corrected chi connectivity index (χ3v) is 3.68. The Morgan fingerprint density at radius 3 is 2.33 bits per heavy atom. The number of hydrogen-bond donors (Lipinski definition) is 2. The van der Waals surface area contributed by atoms with Crippen molar-refractivity contribution >= 4 is 17.3 Å². The highest BCUT2D eigenvalue weighted by Crippen LogP contribution is 2.15. The standard InChI is InChI=1S/C20H19N3O/c1-15-4-6-17(7-5-15)20(24)23-19-10-8-18(9-11-19)22-14-16-3-2-12-21-13-16/h2-13,22H,14H2,1H3,(H,23,24). The van der Waals surface area contributed by atoms with Crippen molar-refractivity contribution in [3.8, 4) is 0 Å². The van der Waals surface area contributed by atoms with E-state index in [2.05, 4.69) is 15.6 Å². The van der Waals surface area contributed by atoms with E-state index in [4.69, 9.17) is 0 Å². The van der Waals surface area contributed by atoms with Crippen molar-refractivity contribution in [1.82, 2.24) is 4.98 Å². The molecule has 4 heteroatoms. The minimum absolute atomic E-state index is 0.105. The first-order chi connectivity index (χ1) is 11.7. The quantitative estimate of drug-likeness (QED) is 0.739. The van der Waals surface area contributed by atoms with Gasteiger partial charge in [0.1, 0.15) is 0 Å². The van der Waals surface area contributed by atoms with Crippen LogP contribution in [0.1, 0.15) is 21.5 Å². The zero-order valence-corrected chi connectivity index (χ0v) is 13.5. The molecule has 0 saturated heterocycles. The topological polar surface area (TPSA) is 54.0 Å². The predicted octanol–water partition coefficient (Wildman–Crippen LogP) is 4.25. The van der Waals surface area contributed by atoms with Crippen molar-refractivity contribution in [3.05, 3.63) is 89.7 Å². The van der Waals surface area contributed by atoms with Crippen LogP contribution in [0.4, 0.5) is 11.4 Å². The molecule has 1 aromatic heterocycles. The van der Waals surface area contributed by atoms with Crippen LogP contribution in [0.3, 0.4) is 0 Å². The molecule has 1 amide bonds. The smallest absolute Gasteiger partial charge is 0.255 e. The van der Waals surface area contributed by atoms with E-state index in [0.29, 0.717) is 12.1 Å². The van der Waals surface area contributed by atoms with Gasteiger partial charge in [-0.05, 0) is 55.0 Å². The number of carbonyl (C=O) groups excluding carboxylic acids is 1. The second kappa shape index (κ2) is 7.42. The number of benzene rings is 2. The maximum atomic E-state index is 12.2. The highest BCUT2D eigenvalue weighted by atomic mass is 16.1. The molecule has 4 nitrogen and oxygen atoms in total. The summed E-state index contributed by atoms with van der Waals surface area (Å²) in [6.45, 7) is 2.71. The van der Waals surface area contributed by atoms with Gasteiger partial charge in [0.2, 0.25) is 0 Å². The molecule has 0 atom stereocenters. The molecule has 0 aliphatic carbocycles. The number of aryl methyl sites for hydroxylation is 1. The molecule has 0 saturated carbocycles. The second-order valence-electron chi connectivity index (χ2n) is 5.61. The molecule has 0 aliphatic heterocycles. The molecule has 0 radical (unpaired) electrons. The summed E-state index contributed by atoms with van der Waals surface area (Å²) in [6, 6.07) is 19.1. The molecule has 3 rings (SSSR count). The summed E-state index contributed by atoms with van der Waals surface area (Å²) in [5, 5.41) is 6.23. The SMILES string of the molecule is Cc1ccc(C(=O)Nc2ccc(NCc3cccnc3)cc2)cc1. The Kier molecular flexibility index (Phi) is 4.87. The first-order valence-electron chi connectivity index (χ1n) is 7.81. The van der Waals surface area contributed by atoms with E-state index in [1.807, 2.05) is 73.8 Å². The molecule has 0 aliphatic rings. The van der Waals surface area contributed by atoms with Crippen molar-refractivity contribution in [2.45, 2.75) is 13.5 Å². The highest BCUT2D eigenvalue weighted by molar-refractivity contribution is 6.04. The maximum absolute atomic E-state index is 12.2. The second-order valence-corrected chi connectivity index (χ2v) is 5.61. The summed E-state index contributed by atoms with van der Waals surface area (Å²) in [5.74, 6) is -0.105. The van der Waals surface area contributed by atoms with Gasteiger partial charge in [0.15, 0.2) is 0 Å². The van der Waals surface area contributed by atoms with E-state index in [1.165, 1.54) is 0 Å². The number of hydrogen-bond acceptors (Lipinski definition) is 3. The van der Waals surface area contributed by atoms with Gasteiger partial charge in [-0.25, -0.2) is 0 Å². The van der Waals surface area contributed by atoms with Gasteiger partial charge in [-0.15, -0.1) is 0 Å². The lowest BCUT2D eigenvalue weighted by atomic mass is 10.1. The first kappa shape index (κ1) is 15.7. The minimum Gasteiger partial charge on any atom is -0.381 e. The summed E-state index contributed by atoms with van der Waals surface area (Å²) in [5.41, 5.74) is 4.67. The summed E-state index contributed by atoms with van der Waals surface area (Å²) in [4.78, 5) is 16.3. The monoisotopic (exact) mass is 317 g/mol. The Morgan fingerprint density at radius 2 is 1.67 bits per heavy atom. The number of nitrogens with one attached hydrogen (secondary N) is 2. The fraction of sp³-hybridized carbons (Fsp3) is 0.100. The Morgan fingerprint density at radius 1 is 0.958 bits per heavy atom. The number of anilines is 2. The van der Waals surface area contributed by atoms with Crippen molar-refractivity contribution in [3.63, 3.8) is 0 Å². The van der Waals surface area contributed by atoms with Crippen LogP contribution in [-0.4, -0.2) is 10.9 Å². The van der Waals surface area contributed by atoms with E-state index in [9.17, 15) is 4.79 Å².